The van der Waals surface area contributed by atoms with Gasteiger partial charge in [0.2, 0.25) is 15.9 Å². The molecule has 2 amide bonds. The van der Waals surface area contributed by atoms with E-state index in [1.165, 1.54) is 36.4 Å². The van der Waals surface area contributed by atoms with Crippen LogP contribution in [0.2, 0.25) is 0 Å². The third kappa shape index (κ3) is 4.50. The monoisotopic (exact) mass is 391 g/mol. The number of halogens is 1. The van der Waals surface area contributed by atoms with Crippen molar-refractivity contribution in [3.63, 3.8) is 0 Å². The molecule has 0 saturated carbocycles. The van der Waals surface area contributed by atoms with E-state index in [4.69, 9.17) is 0 Å². The Balaban J connectivity index is 1.73. The molecule has 0 bridgehead atoms. The van der Waals surface area contributed by atoms with Crippen molar-refractivity contribution in [1.29, 1.82) is 0 Å². The number of carbonyl (C=O) groups excluding carboxylic acids is 2. The first-order chi connectivity index (χ1) is 12.9. The molecule has 142 valence electrons. The minimum atomic E-state index is -3.87. The highest BCUT2D eigenvalue weighted by molar-refractivity contribution is 7.89. The van der Waals surface area contributed by atoms with E-state index in [1.54, 1.807) is 12.1 Å². The smallest absolute Gasteiger partial charge is 0.251 e. The lowest BCUT2D eigenvalue weighted by Gasteiger charge is -2.26. The van der Waals surface area contributed by atoms with Crippen molar-refractivity contribution in [3.8, 4) is 0 Å². The van der Waals surface area contributed by atoms with Gasteiger partial charge in [-0.15, -0.1) is 0 Å². The standard InChI is InChI=1S/C18H18FN3O4S/c19-15-6-4-13(5-7-15)11-21-18(24)14-2-1-3-16(10-14)27(25,26)22-9-8-20-17(23)12-22/h1-7,10H,8-9,11-12H2,(H,20,23)(H,21,24). The van der Waals surface area contributed by atoms with Gasteiger partial charge in [0, 0.05) is 25.2 Å². The number of piperazine rings is 1. The van der Waals surface area contributed by atoms with Crippen LogP contribution in [0.5, 0.6) is 0 Å². The van der Waals surface area contributed by atoms with Crippen molar-refractivity contribution < 1.29 is 22.4 Å². The molecule has 27 heavy (non-hydrogen) atoms. The zero-order valence-electron chi connectivity index (χ0n) is 14.3. The predicted octanol–water partition coefficient (Wildman–Crippen LogP) is 0.876. The van der Waals surface area contributed by atoms with Crippen LogP contribution in [0, 0.1) is 5.82 Å². The number of carbonyl (C=O) groups is 2. The normalized spacial score (nSPS) is 15.2. The van der Waals surface area contributed by atoms with Crippen molar-refractivity contribution in [1.82, 2.24) is 14.9 Å². The van der Waals surface area contributed by atoms with E-state index in [9.17, 15) is 22.4 Å². The van der Waals surface area contributed by atoms with Crippen LogP contribution in [-0.4, -0.2) is 44.2 Å². The fourth-order valence-corrected chi connectivity index (χ4v) is 4.10. The highest BCUT2D eigenvalue weighted by atomic mass is 32.2. The summed E-state index contributed by atoms with van der Waals surface area (Å²) < 4.78 is 39.4. The van der Waals surface area contributed by atoms with Crippen LogP contribution in [0.15, 0.2) is 53.4 Å². The van der Waals surface area contributed by atoms with Gasteiger partial charge in [0.05, 0.1) is 11.4 Å². The van der Waals surface area contributed by atoms with E-state index >= 15 is 0 Å². The number of hydrogen-bond acceptors (Lipinski definition) is 4. The summed E-state index contributed by atoms with van der Waals surface area (Å²) >= 11 is 0. The Hall–Kier alpha value is -2.78. The summed E-state index contributed by atoms with van der Waals surface area (Å²) in [5.74, 6) is -1.18. The van der Waals surface area contributed by atoms with Gasteiger partial charge in [0.1, 0.15) is 5.82 Å². The number of sulfonamides is 1. The molecule has 1 heterocycles. The van der Waals surface area contributed by atoms with Gasteiger partial charge in [-0.1, -0.05) is 18.2 Å². The zero-order chi connectivity index (χ0) is 19.4. The second-order valence-corrected chi connectivity index (χ2v) is 7.96. The molecule has 2 aromatic rings. The summed E-state index contributed by atoms with van der Waals surface area (Å²) in [7, 11) is -3.87. The molecule has 0 aliphatic carbocycles. The molecule has 3 rings (SSSR count). The Kier molecular flexibility index (Phi) is 5.52. The maximum atomic E-state index is 12.9. The summed E-state index contributed by atoms with van der Waals surface area (Å²) in [6, 6.07) is 11.3. The number of rotatable bonds is 5. The molecular formula is C18H18FN3O4S. The highest BCUT2D eigenvalue weighted by Crippen LogP contribution is 2.18. The first kappa shape index (κ1) is 19.0. The van der Waals surface area contributed by atoms with Crippen molar-refractivity contribution >= 4 is 21.8 Å². The zero-order valence-corrected chi connectivity index (χ0v) is 15.1. The Morgan fingerprint density at radius 1 is 1.19 bits per heavy atom. The van der Waals surface area contributed by atoms with Crippen LogP contribution in [0.3, 0.4) is 0 Å². The molecule has 2 N–H and O–H groups in total. The van der Waals surface area contributed by atoms with Gasteiger partial charge in [-0.3, -0.25) is 9.59 Å². The van der Waals surface area contributed by atoms with Crippen LogP contribution < -0.4 is 10.6 Å². The van der Waals surface area contributed by atoms with Crippen molar-refractivity contribution in [3.05, 3.63) is 65.5 Å². The molecule has 0 atom stereocenters. The summed E-state index contributed by atoms with van der Waals surface area (Å²) in [6.45, 7) is 0.358. The molecule has 1 aliphatic heterocycles. The Bertz CT molecular complexity index is 961. The Morgan fingerprint density at radius 2 is 1.93 bits per heavy atom. The van der Waals surface area contributed by atoms with E-state index < -0.39 is 15.9 Å². The molecule has 9 heteroatoms. The molecule has 2 aromatic carbocycles. The molecule has 0 unspecified atom stereocenters. The predicted molar refractivity (Wildman–Crippen MR) is 95.8 cm³/mol. The number of nitrogens with zero attached hydrogens (tertiary/aromatic N) is 1. The van der Waals surface area contributed by atoms with E-state index in [2.05, 4.69) is 10.6 Å². The highest BCUT2D eigenvalue weighted by Gasteiger charge is 2.29. The topological polar surface area (TPSA) is 95.6 Å². The number of nitrogens with one attached hydrogen (secondary N) is 2. The third-order valence-corrected chi connectivity index (χ3v) is 5.94. The average molecular weight is 391 g/mol. The molecule has 0 spiro atoms. The van der Waals surface area contributed by atoms with Crippen molar-refractivity contribution in [2.45, 2.75) is 11.4 Å². The van der Waals surface area contributed by atoms with Crippen LogP contribution >= 0.6 is 0 Å². The first-order valence-electron chi connectivity index (χ1n) is 8.26. The molecule has 7 nitrogen and oxygen atoms in total. The fourth-order valence-electron chi connectivity index (χ4n) is 2.65. The fraction of sp³-hybridized carbons (Fsp3) is 0.222. The number of amides is 2. The van der Waals surface area contributed by atoms with Gasteiger partial charge >= 0.3 is 0 Å². The van der Waals surface area contributed by atoms with Gasteiger partial charge in [0.25, 0.3) is 5.91 Å². The maximum Gasteiger partial charge on any atom is 0.251 e. The maximum absolute atomic E-state index is 12.9. The van der Waals surface area contributed by atoms with Crippen molar-refractivity contribution in [2.75, 3.05) is 19.6 Å². The lowest BCUT2D eigenvalue weighted by molar-refractivity contribution is -0.122. The first-order valence-corrected chi connectivity index (χ1v) is 9.70. The van der Waals surface area contributed by atoms with Gasteiger partial charge in [-0.25, -0.2) is 12.8 Å². The van der Waals surface area contributed by atoms with Gasteiger partial charge in [-0.2, -0.15) is 4.31 Å². The van der Waals surface area contributed by atoms with Crippen molar-refractivity contribution in [2.24, 2.45) is 0 Å². The van der Waals surface area contributed by atoms with E-state index in [0.29, 0.717) is 5.56 Å². The lowest BCUT2D eigenvalue weighted by Crippen LogP contribution is -2.49. The average Bonchev–Trinajstić information content (AvgIpc) is 2.67. The second kappa shape index (κ2) is 7.85. The lowest BCUT2D eigenvalue weighted by atomic mass is 10.2. The number of hydrogen-bond donors (Lipinski definition) is 2. The van der Waals surface area contributed by atoms with Crippen LogP contribution in [0.1, 0.15) is 15.9 Å². The van der Waals surface area contributed by atoms with Gasteiger partial charge in [-0.05, 0) is 35.9 Å². The van der Waals surface area contributed by atoms with Gasteiger partial charge < -0.3 is 10.6 Å². The quantitative estimate of drug-likeness (QED) is 0.791. The summed E-state index contributed by atoms with van der Waals surface area (Å²) in [5, 5.41) is 5.23. The van der Waals surface area contributed by atoms with E-state index in [-0.39, 0.29) is 48.4 Å². The third-order valence-electron chi connectivity index (χ3n) is 4.10. The van der Waals surface area contributed by atoms with Crippen LogP contribution in [-0.2, 0) is 21.4 Å². The van der Waals surface area contributed by atoms with E-state index in [1.807, 2.05) is 0 Å². The molecule has 0 aromatic heterocycles. The Labute approximate surface area is 156 Å². The Morgan fingerprint density at radius 3 is 2.63 bits per heavy atom. The summed E-state index contributed by atoms with van der Waals surface area (Å²) in [5.41, 5.74) is 0.896. The summed E-state index contributed by atoms with van der Waals surface area (Å²) in [4.78, 5) is 23.7. The minimum absolute atomic E-state index is 0.0494. The largest absolute Gasteiger partial charge is 0.354 e. The van der Waals surface area contributed by atoms with Gasteiger partial charge in [0.15, 0.2) is 0 Å². The molecule has 1 fully saturated rings. The SMILES string of the molecule is O=C1CN(S(=O)(=O)c2cccc(C(=O)NCc3ccc(F)cc3)c2)CCN1. The molecular weight excluding hydrogens is 373 g/mol. The van der Waals surface area contributed by atoms with Crippen LogP contribution in [0.4, 0.5) is 4.39 Å². The summed E-state index contributed by atoms with van der Waals surface area (Å²) in [6.07, 6.45) is 0. The number of benzene rings is 2. The second-order valence-electron chi connectivity index (χ2n) is 6.03. The minimum Gasteiger partial charge on any atom is -0.354 e. The van der Waals surface area contributed by atoms with E-state index in [0.717, 1.165) is 4.31 Å². The molecule has 0 radical (unpaired) electrons. The molecule has 1 saturated heterocycles. The van der Waals surface area contributed by atoms with Crippen LogP contribution in [0.25, 0.3) is 0 Å². The molecule has 1 aliphatic rings.